The molecule has 1 aliphatic heterocycles. The highest BCUT2D eigenvalue weighted by atomic mass is 16.5. The Hall–Kier alpha value is -2.49. The van der Waals surface area contributed by atoms with Crippen molar-refractivity contribution in [3.05, 3.63) is 53.1 Å². The van der Waals surface area contributed by atoms with Gasteiger partial charge >= 0.3 is 0 Å². The van der Waals surface area contributed by atoms with E-state index in [9.17, 15) is 4.79 Å². The topological polar surface area (TPSA) is 38.8 Å². The number of methoxy groups -OCH3 is 1. The smallest absolute Gasteiger partial charge is 0.265 e. The molecule has 4 heteroatoms. The number of hydrogen-bond donors (Lipinski definition) is 0. The van der Waals surface area contributed by atoms with Gasteiger partial charge in [-0.3, -0.25) is 4.79 Å². The minimum absolute atomic E-state index is 0.0146. The lowest BCUT2D eigenvalue weighted by molar-refractivity contribution is -0.120. The number of amides is 1. The number of nitrogens with zero attached hydrogens (tertiary/aromatic N) is 1. The zero-order valence-corrected chi connectivity index (χ0v) is 13.1. The molecule has 0 fully saturated rings. The molecule has 1 amide bonds. The third-order valence-corrected chi connectivity index (χ3v) is 4.12. The van der Waals surface area contributed by atoms with E-state index in [-0.39, 0.29) is 12.5 Å². The van der Waals surface area contributed by atoms with Gasteiger partial charge in [0.2, 0.25) is 0 Å². The average molecular weight is 297 g/mol. The van der Waals surface area contributed by atoms with Crippen LogP contribution in [0.25, 0.3) is 0 Å². The number of carbonyl (C=O) groups excluding carboxylic acids is 1. The molecule has 1 heterocycles. The number of aryl methyl sites for hydroxylation is 1. The highest BCUT2D eigenvalue weighted by Gasteiger charge is 2.25. The van der Waals surface area contributed by atoms with Gasteiger partial charge in [0.25, 0.3) is 5.91 Å². The van der Waals surface area contributed by atoms with Gasteiger partial charge in [-0.15, -0.1) is 0 Å². The number of para-hydroxylation sites is 1. The van der Waals surface area contributed by atoms with E-state index in [0.717, 1.165) is 16.8 Å². The van der Waals surface area contributed by atoms with Crippen LogP contribution < -0.4 is 14.4 Å². The van der Waals surface area contributed by atoms with E-state index in [1.54, 1.807) is 12.0 Å². The molecule has 0 saturated carbocycles. The van der Waals surface area contributed by atoms with Crippen molar-refractivity contribution in [3.63, 3.8) is 0 Å². The molecule has 0 spiro atoms. The van der Waals surface area contributed by atoms with Gasteiger partial charge in [0.1, 0.15) is 0 Å². The van der Waals surface area contributed by atoms with Crippen LogP contribution in [0.4, 0.5) is 5.69 Å². The van der Waals surface area contributed by atoms with Gasteiger partial charge in [-0.1, -0.05) is 24.3 Å². The summed E-state index contributed by atoms with van der Waals surface area (Å²) in [6.45, 7) is 4.58. The fraction of sp³-hybridized carbons (Fsp3) is 0.278. The van der Waals surface area contributed by atoms with Crippen molar-refractivity contribution < 1.29 is 14.3 Å². The maximum absolute atomic E-state index is 12.5. The quantitative estimate of drug-likeness (QED) is 0.854. The first-order chi connectivity index (χ1) is 10.6. The molecular formula is C18H19NO3. The standard InChI is InChI=1S/C18H19NO3/c1-12-6-4-8-15(13(12)2)19-10-14-7-5-9-16(21-3)18(14)22-11-17(19)20/h4-9H,10-11H2,1-3H3. The summed E-state index contributed by atoms with van der Waals surface area (Å²) in [7, 11) is 1.61. The van der Waals surface area contributed by atoms with E-state index >= 15 is 0 Å². The molecule has 2 aromatic rings. The van der Waals surface area contributed by atoms with Crippen molar-refractivity contribution in [2.45, 2.75) is 20.4 Å². The summed E-state index contributed by atoms with van der Waals surface area (Å²) < 4.78 is 11.0. The number of fused-ring (bicyclic) bond motifs is 1. The first kappa shape index (κ1) is 14.4. The predicted octanol–water partition coefficient (Wildman–Crippen LogP) is 3.24. The van der Waals surface area contributed by atoms with Crippen LogP contribution in [0.1, 0.15) is 16.7 Å². The Morgan fingerprint density at radius 2 is 1.91 bits per heavy atom. The minimum Gasteiger partial charge on any atom is -0.493 e. The zero-order valence-electron chi connectivity index (χ0n) is 13.1. The van der Waals surface area contributed by atoms with Gasteiger partial charge in [-0.2, -0.15) is 0 Å². The van der Waals surface area contributed by atoms with E-state index in [1.807, 2.05) is 37.3 Å². The van der Waals surface area contributed by atoms with Crippen LogP contribution in [0.15, 0.2) is 36.4 Å². The van der Waals surface area contributed by atoms with Crippen molar-refractivity contribution >= 4 is 11.6 Å². The number of rotatable bonds is 2. The summed E-state index contributed by atoms with van der Waals surface area (Å²) in [4.78, 5) is 14.3. The second-order valence-electron chi connectivity index (χ2n) is 5.44. The number of ether oxygens (including phenoxy) is 2. The van der Waals surface area contributed by atoms with E-state index in [4.69, 9.17) is 9.47 Å². The Morgan fingerprint density at radius 1 is 1.14 bits per heavy atom. The van der Waals surface area contributed by atoms with Gasteiger partial charge in [-0.25, -0.2) is 0 Å². The van der Waals surface area contributed by atoms with Crippen molar-refractivity contribution in [1.29, 1.82) is 0 Å². The summed E-state index contributed by atoms with van der Waals surface area (Å²) in [6.07, 6.45) is 0. The summed E-state index contributed by atoms with van der Waals surface area (Å²) in [5.74, 6) is 1.27. The van der Waals surface area contributed by atoms with Crippen LogP contribution in [-0.4, -0.2) is 19.6 Å². The van der Waals surface area contributed by atoms with Crippen molar-refractivity contribution in [3.8, 4) is 11.5 Å². The lowest BCUT2D eigenvalue weighted by Crippen LogP contribution is -2.32. The summed E-state index contributed by atoms with van der Waals surface area (Å²) in [5.41, 5.74) is 4.17. The summed E-state index contributed by atoms with van der Waals surface area (Å²) in [5, 5.41) is 0. The summed E-state index contributed by atoms with van der Waals surface area (Å²) in [6, 6.07) is 11.7. The fourth-order valence-electron chi connectivity index (χ4n) is 2.73. The monoisotopic (exact) mass is 297 g/mol. The second-order valence-corrected chi connectivity index (χ2v) is 5.44. The fourth-order valence-corrected chi connectivity index (χ4v) is 2.73. The maximum Gasteiger partial charge on any atom is 0.265 e. The number of anilines is 1. The molecule has 0 unspecified atom stereocenters. The van der Waals surface area contributed by atoms with E-state index in [2.05, 4.69) is 13.0 Å². The lowest BCUT2D eigenvalue weighted by atomic mass is 10.1. The largest absolute Gasteiger partial charge is 0.493 e. The van der Waals surface area contributed by atoms with Gasteiger partial charge in [0.15, 0.2) is 18.1 Å². The molecule has 0 bridgehead atoms. The van der Waals surface area contributed by atoms with Crippen molar-refractivity contribution in [2.24, 2.45) is 0 Å². The molecule has 2 aromatic carbocycles. The first-order valence-electron chi connectivity index (χ1n) is 7.27. The highest BCUT2D eigenvalue weighted by molar-refractivity contribution is 5.96. The Bertz CT molecular complexity index is 724. The molecule has 0 atom stereocenters. The maximum atomic E-state index is 12.5. The Kier molecular flexibility index (Phi) is 3.75. The molecule has 3 rings (SSSR count). The van der Waals surface area contributed by atoms with Crippen LogP contribution in [0.5, 0.6) is 11.5 Å². The van der Waals surface area contributed by atoms with Crippen LogP contribution in [0.2, 0.25) is 0 Å². The Labute approximate surface area is 130 Å². The predicted molar refractivity (Wildman–Crippen MR) is 85.6 cm³/mol. The number of hydrogen-bond acceptors (Lipinski definition) is 3. The molecule has 0 radical (unpaired) electrons. The van der Waals surface area contributed by atoms with Crippen LogP contribution in [-0.2, 0) is 11.3 Å². The number of benzene rings is 2. The second kappa shape index (κ2) is 5.72. The van der Waals surface area contributed by atoms with Gasteiger partial charge in [0.05, 0.1) is 13.7 Å². The normalized spacial score (nSPS) is 14.1. The zero-order chi connectivity index (χ0) is 15.7. The summed E-state index contributed by atoms with van der Waals surface area (Å²) >= 11 is 0. The Morgan fingerprint density at radius 3 is 2.68 bits per heavy atom. The third kappa shape index (κ3) is 2.41. The van der Waals surface area contributed by atoms with Crippen LogP contribution in [0.3, 0.4) is 0 Å². The lowest BCUT2D eigenvalue weighted by Gasteiger charge is -2.23. The molecule has 1 aliphatic rings. The molecule has 0 saturated heterocycles. The molecule has 0 aliphatic carbocycles. The van der Waals surface area contributed by atoms with E-state index in [0.29, 0.717) is 18.0 Å². The number of carbonyl (C=O) groups is 1. The van der Waals surface area contributed by atoms with Gasteiger partial charge < -0.3 is 14.4 Å². The molecule has 0 aromatic heterocycles. The molecule has 114 valence electrons. The minimum atomic E-state index is -0.0491. The third-order valence-electron chi connectivity index (χ3n) is 4.12. The van der Waals surface area contributed by atoms with Gasteiger partial charge in [0, 0.05) is 11.3 Å². The average Bonchev–Trinajstić information content (AvgIpc) is 2.69. The molecule has 0 N–H and O–H groups in total. The molecular weight excluding hydrogens is 278 g/mol. The van der Waals surface area contributed by atoms with Crippen LogP contribution >= 0.6 is 0 Å². The highest BCUT2D eigenvalue weighted by Crippen LogP contribution is 2.35. The first-order valence-corrected chi connectivity index (χ1v) is 7.27. The van der Waals surface area contributed by atoms with Crippen molar-refractivity contribution in [1.82, 2.24) is 0 Å². The Balaban J connectivity index is 2.06. The van der Waals surface area contributed by atoms with E-state index < -0.39 is 0 Å². The van der Waals surface area contributed by atoms with Crippen molar-refractivity contribution in [2.75, 3.05) is 18.6 Å². The van der Waals surface area contributed by atoms with E-state index in [1.165, 1.54) is 5.56 Å². The van der Waals surface area contributed by atoms with Crippen LogP contribution in [0, 0.1) is 13.8 Å². The molecule has 4 nitrogen and oxygen atoms in total. The van der Waals surface area contributed by atoms with Gasteiger partial charge in [-0.05, 0) is 37.1 Å². The SMILES string of the molecule is COc1cccc2c1OCC(=O)N(c1cccc(C)c1C)C2. The molecule has 22 heavy (non-hydrogen) atoms.